The first kappa shape index (κ1) is 12.9. The fourth-order valence-electron chi connectivity index (χ4n) is 2.58. The van der Waals surface area contributed by atoms with Crippen LogP contribution in [-0.2, 0) is 11.2 Å². The van der Waals surface area contributed by atoms with Crippen LogP contribution in [0.4, 0.5) is 0 Å². The highest BCUT2D eigenvalue weighted by molar-refractivity contribution is 5.73. The maximum atomic E-state index is 11.3. The van der Waals surface area contributed by atoms with E-state index in [4.69, 9.17) is 4.74 Å². The maximum absolute atomic E-state index is 11.3. The predicted molar refractivity (Wildman–Crippen MR) is 71.7 cm³/mol. The minimum Gasteiger partial charge on any atom is -0.497 e. The molecule has 1 aromatic rings. The van der Waals surface area contributed by atoms with Gasteiger partial charge in [0, 0.05) is 20.0 Å². The van der Waals surface area contributed by atoms with Gasteiger partial charge in [-0.2, -0.15) is 0 Å². The Labute approximate surface area is 109 Å². The highest BCUT2D eigenvalue weighted by Gasteiger charge is 2.20. The van der Waals surface area contributed by atoms with Crippen molar-refractivity contribution in [2.24, 2.45) is 5.92 Å². The third-order valence-corrected chi connectivity index (χ3v) is 3.72. The molecule has 3 heteroatoms. The summed E-state index contributed by atoms with van der Waals surface area (Å²) in [6.07, 6.45) is 3.30. The van der Waals surface area contributed by atoms with Crippen LogP contribution in [0, 0.1) is 5.92 Å². The Morgan fingerprint density at radius 2 is 2.11 bits per heavy atom. The molecule has 3 nitrogen and oxygen atoms in total. The Hall–Kier alpha value is -1.51. The number of hydrogen-bond acceptors (Lipinski definition) is 2. The van der Waals surface area contributed by atoms with Gasteiger partial charge in [-0.25, -0.2) is 0 Å². The molecule has 1 heterocycles. The highest BCUT2D eigenvalue weighted by atomic mass is 16.5. The van der Waals surface area contributed by atoms with Crippen LogP contribution in [0.25, 0.3) is 0 Å². The van der Waals surface area contributed by atoms with E-state index in [1.54, 1.807) is 14.0 Å². The van der Waals surface area contributed by atoms with Gasteiger partial charge in [-0.15, -0.1) is 0 Å². The maximum Gasteiger partial charge on any atom is 0.219 e. The molecule has 1 aromatic carbocycles. The van der Waals surface area contributed by atoms with Gasteiger partial charge in [-0.3, -0.25) is 4.79 Å². The summed E-state index contributed by atoms with van der Waals surface area (Å²) >= 11 is 0. The molecule has 0 bridgehead atoms. The standard InChI is InChI=1S/C15H21NO2/c1-12(17)16-8-6-13(7-9-16)10-14-4-3-5-15(11-14)18-2/h3-5,11,13H,6-10H2,1-2H3. The van der Waals surface area contributed by atoms with E-state index in [0.717, 1.165) is 38.1 Å². The summed E-state index contributed by atoms with van der Waals surface area (Å²) in [4.78, 5) is 13.2. The molecule has 18 heavy (non-hydrogen) atoms. The van der Waals surface area contributed by atoms with Gasteiger partial charge in [0.05, 0.1) is 7.11 Å². The number of amides is 1. The van der Waals surface area contributed by atoms with Crippen LogP contribution in [0.2, 0.25) is 0 Å². The van der Waals surface area contributed by atoms with Gasteiger partial charge >= 0.3 is 0 Å². The second kappa shape index (κ2) is 5.89. The lowest BCUT2D eigenvalue weighted by molar-refractivity contribution is -0.130. The molecule has 0 radical (unpaired) electrons. The zero-order valence-corrected chi connectivity index (χ0v) is 11.2. The Bertz CT molecular complexity index is 409. The van der Waals surface area contributed by atoms with Crippen molar-refractivity contribution in [3.63, 3.8) is 0 Å². The van der Waals surface area contributed by atoms with Crippen molar-refractivity contribution in [1.29, 1.82) is 0 Å². The van der Waals surface area contributed by atoms with Crippen LogP contribution in [0.1, 0.15) is 25.3 Å². The summed E-state index contributed by atoms with van der Waals surface area (Å²) < 4.78 is 5.24. The average molecular weight is 247 g/mol. The molecule has 1 amide bonds. The lowest BCUT2D eigenvalue weighted by atomic mass is 9.90. The zero-order chi connectivity index (χ0) is 13.0. The number of nitrogens with zero attached hydrogens (tertiary/aromatic N) is 1. The van der Waals surface area contributed by atoms with Gasteiger partial charge in [0.2, 0.25) is 5.91 Å². The van der Waals surface area contributed by atoms with Crippen molar-refractivity contribution in [1.82, 2.24) is 4.90 Å². The monoisotopic (exact) mass is 247 g/mol. The van der Waals surface area contributed by atoms with Crippen molar-refractivity contribution in [3.8, 4) is 5.75 Å². The van der Waals surface area contributed by atoms with Crippen molar-refractivity contribution in [2.45, 2.75) is 26.2 Å². The van der Waals surface area contributed by atoms with Gasteiger partial charge in [-0.05, 0) is 42.9 Å². The average Bonchev–Trinajstić information content (AvgIpc) is 2.39. The molecule has 1 aliphatic heterocycles. The molecule has 1 saturated heterocycles. The van der Waals surface area contributed by atoms with Crippen molar-refractivity contribution in [2.75, 3.05) is 20.2 Å². The Morgan fingerprint density at radius 1 is 1.39 bits per heavy atom. The van der Waals surface area contributed by atoms with Gasteiger partial charge in [0.25, 0.3) is 0 Å². The molecule has 1 fully saturated rings. The second-order valence-electron chi connectivity index (χ2n) is 5.01. The number of hydrogen-bond donors (Lipinski definition) is 0. The number of carbonyl (C=O) groups is 1. The second-order valence-corrected chi connectivity index (χ2v) is 5.01. The van der Waals surface area contributed by atoms with E-state index >= 15 is 0 Å². The van der Waals surface area contributed by atoms with E-state index in [2.05, 4.69) is 12.1 Å². The number of ether oxygens (including phenoxy) is 1. The lowest BCUT2D eigenvalue weighted by Gasteiger charge is -2.31. The van der Waals surface area contributed by atoms with Crippen LogP contribution in [0.3, 0.4) is 0 Å². The molecule has 1 aliphatic rings. The smallest absolute Gasteiger partial charge is 0.219 e. The third kappa shape index (κ3) is 3.25. The molecule has 0 N–H and O–H groups in total. The molecule has 0 aliphatic carbocycles. The first-order valence-corrected chi connectivity index (χ1v) is 6.57. The Kier molecular flexibility index (Phi) is 4.24. The number of likely N-dealkylation sites (tertiary alicyclic amines) is 1. The molecular formula is C15H21NO2. The molecule has 0 saturated carbocycles. The fourth-order valence-corrected chi connectivity index (χ4v) is 2.58. The van der Waals surface area contributed by atoms with E-state index in [9.17, 15) is 4.79 Å². The summed E-state index contributed by atoms with van der Waals surface area (Å²) in [7, 11) is 1.70. The first-order chi connectivity index (χ1) is 8.69. The van der Waals surface area contributed by atoms with E-state index in [1.807, 2.05) is 17.0 Å². The largest absolute Gasteiger partial charge is 0.497 e. The van der Waals surface area contributed by atoms with Crippen molar-refractivity contribution in [3.05, 3.63) is 29.8 Å². The van der Waals surface area contributed by atoms with Crippen LogP contribution >= 0.6 is 0 Å². The van der Waals surface area contributed by atoms with Gasteiger partial charge < -0.3 is 9.64 Å². The van der Waals surface area contributed by atoms with Crippen LogP contribution in [0.5, 0.6) is 5.75 Å². The molecule has 98 valence electrons. The zero-order valence-electron chi connectivity index (χ0n) is 11.2. The van der Waals surface area contributed by atoms with Gasteiger partial charge in [0.15, 0.2) is 0 Å². The quantitative estimate of drug-likeness (QED) is 0.821. The lowest BCUT2D eigenvalue weighted by Crippen LogP contribution is -2.37. The summed E-state index contributed by atoms with van der Waals surface area (Å²) in [5.74, 6) is 1.82. The van der Waals surface area contributed by atoms with E-state index in [0.29, 0.717) is 5.92 Å². The van der Waals surface area contributed by atoms with Crippen LogP contribution < -0.4 is 4.74 Å². The van der Waals surface area contributed by atoms with Crippen LogP contribution in [0.15, 0.2) is 24.3 Å². The third-order valence-electron chi connectivity index (χ3n) is 3.72. The number of benzene rings is 1. The number of piperidine rings is 1. The summed E-state index contributed by atoms with van der Waals surface area (Å²) in [6.45, 7) is 3.47. The van der Waals surface area contributed by atoms with E-state index in [-0.39, 0.29) is 5.91 Å². The summed E-state index contributed by atoms with van der Waals surface area (Å²) in [5, 5.41) is 0. The molecule has 0 spiro atoms. The molecular weight excluding hydrogens is 226 g/mol. The van der Waals surface area contributed by atoms with Gasteiger partial charge in [0.1, 0.15) is 5.75 Å². The minimum atomic E-state index is 0.204. The molecule has 0 aromatic heterocycles. The molecule has 0 unspecified atom stereocenters. The Balaban J connectivity index is 1.89. The first-order valence-electron chi connectivity index (χ1n) is 6.57. The van der Waals surface area contributed by atoms with E-state index in [1.165, 1.54) is 5.56 Å². The molecule has 2 rings (SSSR count). The number of methoxy groups -OCH3 is 1. The van der Waals surface area contributed by atoms with E-state index < -0.39 is 0 Å². The fraction of sp³-hybridized carbons (Fsp3) is 0.533. The topological polar surface area (TPSA) is 29.5 Å². The summed E-state index contributed by atoms with van der Waals surface area (Å²) in [6, 6.07) is 8.28. The van der Waals surface area contributed by atoms with Crippen LogP contribution in [-0.4, -0.2) is 31.0 Å². The summed E-state index contributed by atoms with van der Waals surface area (Å²) in [5.41, 5.74) is 1.33. The normalized spacial score (nSPS) is 16.7. The minimum absolute atomic E-state index is 0.204. The van der Waals surface area contributed by atoms with Crippen molar-refractivity contribution >= 4 is 5.91 Å². The molecule has 0 atom stereocenters. The van der Waals surface area contributed by atoms with Gasteiger partial charge in [-0.1, -0.05) is 12.1 Å². The SMILES string of the molecule is COc1cccc(CC2CCN(C(C)=O)CC2)c1. The number of carbonyl (C=O) groups excluding carboxylic acids is 1. The predicted octanol–water partition coefficient (Wildman–Crippen LogP) is 2.50. The highest BCUT2D eigenvalue weighted by Crippen LogP contribution is 2.23. The Morgan fingerprint density at radius 3 is 2.72 bits per heavy atom. The van der Waals surface area contributed by atoms with Crippen molar-refractivity contribution < 1.29 is 9.53 Å². The number of rotatable bonds is 3.